The fraction of sp³-hybridized carbons (Fsp3) is 0.308. The lowest BCUT2D eigenvalue weighted by atomic mass is 10.1. The van der Waals surface area contributed by atoms with E-state index < -0.39 is 0 Å². The lowest BCUT2D eigenvalue weighted by Gasteiger charge is -2.29. The van der Waals surface area contributed by atoms with Crippen molar-refractivity contribution in [2.75, 3.05) is 38.7 Å². The molecule has 1 aliphatic heterocycles. The molecule has 172 valence electrons. The number of carbonyl (C=O) groups is 2. The maximum atomic E-state index is 13.3. The number of benzene rings is 2. The van der Waals surface area contributed by atoms with Gasteiger partial charge in [-0.3, -0.25) is 14.5 Å². The number of anilines is 1. The van der Waals surface area contributed by atoms with Gasteiger partial charge < -0.3 is 19.0 Å². The predicted molar refractivity (Wildman–Crippen MR) is 126 cm³/mol. The first-order valence-electron chi connectivity index (χ1n) is 11.0. The van der Waals surface area contributed by atoms with Gasteiger partial charge in [-0.15, -0.1) is 0 Å². The lowest BCUT2D eigenvalue weighted by Crippen LogP contribution is -2.38. The van der Waals surface area contributed by atoms with Crippen LogP contribution in [0.3, 0.4) is 0 Å². The highest BCUT2D eigenvalue weighted by atomic mass is 16.5. The Morgan fingerprint density at radius 2 is 1.82 bits per heavy atom. The normalized spacial score (nSPS) is 13.1. The van der Waals surface area contributed by atoms with Crippen molar-refractivity contribution in [3.8, 4) is 5.75 Å². The number of hydrogen-bond acceptors (Lipinski definition) is 5. The minimum Gasteiger partial charge on any atom is -0.482 e. The van der Waals surface area contributed by atoms with E-state index >= 15 is 0 Å². The van der Waals surface area contributed by atoms with Crippen LogP contribution in [0.2, 0.25) is 0 Å². The number of nitrogens with zero attached hydrogens (tertiary/aromatic N) is 3. The summed E-state index contributed by atoms with van der Waals surface area (Å²) in [6, 6.07) is 19.1. The van der Waals surface area contributed by atoms with Gasteiger partial charge in [0.1, 0.15) is 11.5 Å². The molecule has 3 aromatic rings. The number of carbonyl (C=O) groups excluding carboxylic acids is 2. The van der Waals surface area contributed by atoms with E-state index in [2.05, 4.69) is 0 Å². The summed E-state index contributed by atoms with van der Waals surface area (Å²) < 4.78 is 11.5. The summed E-state index contributed by atoms with van der Waals surface area (Å²) >= 11 is 0. The summed E-state index contributed by atoms with van der Waals surface area (Å²) in [4.78, 5) is 31.3. The van der Waals surface area contributed by atoms with Crippen LogP contribution in [0, 0.1) is 6.92 Å². The minimum absolute atomic E-state index is 0.0155. The highest BCUT2D eigenvalue weighted by Crippen LogP contribution is 2.34. The van der Waals surface area contributed by atoms with E-state index in [-0.39, 0.29) is 30.7 Å². The van der Waals surface area contributed by atoms with Crippen LogP contribution >= 0.6 is 0 Å². The summed E-state index contributed by atoms with van der Waals surface area (Å²) in [6.07, 6.45) is 0. The Kier molecular flexibility index (Phi) is 6.79. The molecule has 0 spiro atoms. The van der Waals surface area contributed by atoms with Crippen molar-refractivity contribution >= 4 is 17.5 Å². The zero-order valence-electron chi connectivity index (χ0n) is 19.3. The van der Waals surface area contributed by atoms with Gasteiger partial charge in [0, 0.05) is 19.6 Å². The Balaban J connectivity index is 1.51. The van der Waals surface area contributed by atoms with Crippen molar-refractivity contribution in [3.05, 3.63) is 83.3 Å². The van der Waals surface area contributed by atoms with E-state index in [1.807, 2.05) is 74.4 Å². The number of rotatable bonds is 8. The molecule has 1 aromatic heterocycles. The zero-order chi connectivity index (χ0) is 23.4. The molecule has 2 heterocycles. The van der Waals surface area contributed by atoms with E-state index in [4.69, 9.17) is 9.15 Å². The Labute approximate surface area is 194 Å². The number of likely N-dealkylation sites (N-methyl/N-ethyl adjacent to an activating group) is 1. The quantitative estimate of drug-likeness (QED) is 0.527. The van der Waals surface area contributed by atoms with Gasteiger partial charge in [0.2, 0.25) is 0 Å². The molecule has 0 radical (unpaired) electrons. The number of amides is 2. The third-order valence-electron chi connectivity index (χ3n) is 5.57. The Bertz CT molecular complexity index is 1120. The maximum absolute atomic E-state index is 13.3. The standard InChI is InChI=1S/C26H29N3O4/c1-19-9-11-22-24(15-19)32-18-25(30)29(22)17-21-10-12-23(33-21)26(31)28(14-13-27(2)3)16-20-7-5-4-6-8-20/h4-12,15H,13-14,16-18H2,1-3H3. The number of aryl methyl sites for hydroxylation is 1. The molecule has 0 N–H and O–H groups in total. The summed E-state index contributed by atoms with van der Waals surface area (Å²) in [5.41, 5.74) is 2.82. The van der Waals surface area contributed by atoms with Crippen LogP contribution in [0.15, 0.2) is 65.1 Å². The van der Waals surface area contributed by atoms with E-state index in [1.54, 1.807) is 21.9 Å². The van der Waals surface area contributed by atoms with Gasteiger partial charge in [-0.2, -0.15) is 0 Å². The number of fused-ring (bicyclic) bond motifs is 1. The molecule has 0 bridgehead atoms. The summed E-state index contributed by atoms with van der Waals surface area (Å²) in [6.45, 7) is 4.01. The van der Waals surface area contributed by atoms with Crippen molar-refractivity contribution in [3.63, 3.8) is 0 Å². The fourth-order valence-corrected chi connectivity index (χ4v) is 3.75. The molecule has 7 heteroatoms. The minimum atomic E-state index is -0.170. The molecular formula is C26H29N3O4. The zero-order valence-corrected chi connectivity index (χ0v) is 19.3. The van der Waals surface area contributed by atoms with Crippen LogP contribution in [-0.2, 0) is 17.9 Å². The van der Waals surface area contributed by atoms with Crippen LogP contribution in [0.5, 0.6) is 5.75 Å². The molecule has 0 saturated carbocycles. The average Bonchev–Trinajstić information content (AvgIpc) is 3.27. The predicted octanol–water partition coefficient (Wildman–Crippen LogP) is 3.72. The molecule has 2 aromatic carbocycles. The van der Waals surface area contributed by atoms with Gasteiger partial charge in [0.25, 0.3) is 11.8 Å². The Hall–Kier alpha value is -3.58. The van der Waals surface area contributed by atoms with Crippen molar-refractivity contribution in [2.24, 2.45) is 0 Å². The molecule has 0 unspecified atom stereocenters. The number of hydrogen-bond donors (Lipinski definition) is 0. The summed E-state index contributed by atoms with van der Waals surface area (Å²) in [5, 5.41) is 0. The van der Waals surface area contributed by atoms with Gasteiger partial charge in [0.05, 0.1) is 12.2 Å². The van der Waals surface area contributed by atoms with E-state index in [9.17, 15) is 9.59 Å². The molecule has 1 aliphatic rings. The van der Waals surface area contributed by atoms with Crippen molar-refractivity contribution in [2.45, 2.75) is 20.0 Å². The molecule has 0 atom stereocenters. The lowest BCUT2D eigenvalue weighted by molar-refractivity contribution is -0.121. The maximum Gasteiger partial charge on any atom is 0.289 e. The molecule has 0 saturated heterocycles. The SMILES string of the molecule is Cc1ccc2c(c1)OCC(=O)N2Cc1ccc(C(=O)N(CCN(C)C)Cc2ccccc2)o1. The first kappa shape index (κ1) is 22.6. The number of ether oxygens (including phenoxy) is 1. The van der Waals surface area contributed by atoms with Gasteiger partial charge in [0.15, 0.2) is 12.4 Å². The smallest absolute Gasteiger partial charge is 0.289 e. The Morgan fingerprint density at radius 3 is 2.58 bits per heavy atom. The second-order valence-electron chi connectivity index (χ2n) is 8.52. The average molecular weight is 448 g/mol. The Morgan fingerprint density at radius 1 is 1.03 bits per heavy atom. The van der Waals surface area contributed by atoms with Crippen LogP contribution in [0.1, 0.15) is 27.4 Å². The van der Waals surface area contributed by atoms with Gasteiger partial charge in [-0.05, 0) is 56.4 Å². The fourth-order valence-electron chi connectivity index (χ4n) is 3.75. The monoisotopic (exact) mass is 447 g/mol. The largest absolute Gasteiger partial charge is 0.482 e. The first-order chi connectivity index (χ1) is 15.9. The van der Waals surface area contributed by atoms with Gasteiger partial charge in [-0.25, -0.2) is 0 Å². The van der Waals surface area contributed by atoms with Crippen LogP contribution < -0.4 is 9.64 Å². The number of furan rings is 1. The van der Waals surface area contributed by atoms with Crippen LogP contribution in [0.4, 0.5) is 5.69 Å². The van der Waals surface area contributed by atoms with Crippen molar-refractivity contribution < 1.29 is 18.7 Å². The molecular weight excluding hydrogens is 418 g/mol. The highest BCUT2D eigenvalue weighted by molar-refractivity contribution is 5.97. The van der Waals surface area contributed by atoms with Crippen LogP contribution in [0.25, 0.3) is 0 Å². The second-order valence-corrected chi connectivity index (χ2v) is 8.52. The van der Waals surface area contributed by atoms with Crippen molar-refractivity contribution in [1.29, 1.82) is 0 Å². The first-order valence-corrected chi connectivity index (χ1v) is 11.0. The molecule has 0 aliphatic carbocycles. The molecule has 2 amide bonds. The molecule has 4 rings (SSSR count). The van der Waals surface area contributed by atoms with Crippen molar-refractivity contribution in [1.82, 2.24) is 9.80 Å². The molecule has 7 nitrogen and oxygen atoms in total. The third-order valence-corrected chi connectivity index (χ3v) is 5.57. The second kappa shape index (κ2) is 9.92. The van der Waals surface area contributed by atoms with E-state index in [1.165, 1.54) is 0 Å². The summed E-state index contributed by atoms with van der Waals surface area (Å²) in [5.74, 6) is 1.18. The van der Waals surface area contributed by atoms with Gasteiger partial charge >= 0.3 is 0 Å². The molecule has 33 heavy (non-hydrogen) atoms. The molecule has 0 fully saturated rings. The van der Waals surface area contributed by atoms with Gasteiger partial charge in [-0.1, -0.05) is 36.4 Å². The highest BCUT2D eigenvalue weighted by Gasteiger charge is 2.27. The van der Waals surface area contributed by atoms with Crippen LogP contribution in [-0.4, -0.2) is 55.4 Å². The summed E-state index contributed by atoms with van der Waals surface area (Å²) in [7, 11) is 3.96. The van der Waals surface area contributed by atoms with E-state index in [0.717, 1.165) is 17.7 Å². The van der Waals surface area contributed by atoms with E-state index in [0.29, 0.717) is 30.3 Å². The topological polar surface area (TPSA) is 66.2 Å². The third kappa shape index (κ3) is 5.43.